The Morgan fingerprint density at radius 1 is 1.39 bits per heavy atom. The zero-order chi connectivity index (χ0) is 12.9. The van der Waals surface area contributed by atoms with Crippen LogP contribution in [0.25, 0.3) is 0 Å². The Morgan fingerprint density at radius 2 is 2.17 bits per heavy atom. The molecular formula is C16H20N2. The topological polar surface area (TPSA) is 52.0 Å². The van der Waals surface area contributed by atoms with E-state index in [0.29, 0.717) is 5.92 Å². The van der Waals surface area contributed by atoms with E-state index in [2.05, 4.69) is 38.1 Å². The zero-order valence-corrected chi connectivity index (χ0v) is 11.0. The Morgan fingerprint density at radius 3 is 2.89 bits per heavy atom. The number of hydrogen-bond donors (Lipinski definition) is 2. The van der Waals surface area contributed by atoms with Crippen LogP contribution in [0.4, 0.5) is 5.69 Å². The largest absolute Gasteiger partial charge is 0.399 e. The molecule has 2 aliphatic carbocycles. The van der Waals surface area contributed by atoms with E-state index in [-0.39, 0.29) is 5.54 Å². The molecule has 0 saturated carbocycles. The van der Waals surface area contributed by atoms with E-state index >= 15 is 0 Å². The molecule has 0 saturated heterocycles. The van der Waals surface area contributed by atoms with Gasteiger partial charge in [0.15, 0.2) is 0 Å². The summed E-state index contributed by atoms with van der Waals surface area (Å²) in [5, 5.41) is 0. The van der Waals surface area contributed by atoms with Gasteiger partial charge in [0.25, 0.3) is 0 Å². The minimum absolute atomic E-state index is 0.320. The summed E-state index contributed by atoms with van der Waals surface area (Å²) in [6.45, 7) is 4.28. The Labute approximate surface area is 108 Å². The summed E-state index contributed by atoms with van der Waals surface area (Å²) in [7, 11) is 0. The maximum absolute atomic E-state index is 6.76. The summed E-state index contributed by atoms with van der Waals surface area (Å²) in [5.41, 5.74) is 18.5. The fourth-order valence-corrected chi connectivity index (χ4v) is 3.71. The summed E-state index contributed by atoms with van der Waals surface area (Å²) >= 11 is 0. The van der Waals surface area contributed by atoms with Gasteiger partial charge in [-0.25, -0.2) is 0 Å². The average Bonchev–Trinajstić information content (AvgIpc) is 2.26. The van der Waals surface area contributed by atoms with Crippen LogP contribution in [0.15, 0.2) is 41.5 Å². The highest BCUT2D eigenvalue weighted by Gasteiger charge is 2.43. The van der Waals surface area contributed by atoms with Crippen LogP contribution in [-0.4, -0.2) is 0 Å². The van der Waals surface area contributed by atoms with Gasteiger partial charge in [0.1, 0.15) is 0 Å². The van der Waals surface area contributed by atoms with Crippen LogP contribution < -0.4 is 11.5 Å². The molecule has 0 aromatic heterocycles. The Bertz CT molecular complexity index is 568. The fourth-order valence-electron chi connectivity index (χ4n) is 3.71. The van der Waals surface area contributed by atoms with Gasteiger partial charge in [-0.2, -0.15) is 0 Å². The molecular weight excluding hydrogens is 220 g/mol. The average molecular weight is 240 g/mol. The summed E-state index contributed by atoms with van der Waals surface area (Å²) in [6.07, 6.45) is 6.51. The van der Waals surface area contributed by atoms with Crippen LogP contribution in [0.2, 0.25) is 0 Å². The van der Waals surface area contributed by atoms with Crippen molar-refractivity contribution in [1.82, 2.24) is 0 Å². The molecule has 1 aromatic rings. The second kappa shape index (κ2) is 3.72. The van der Waals surface area contributed by atoms with E-state index in [1.54, 1.807) is 0 Å². The van der Waals surface area contributed by atoms with Crippen molar-refractivity contribution in [2.45, 2.75) is 32.2 Å². The predicted octanol–water partition coefficient (Wildman–Crippen LogP) is 2.89. The van der Waals surface area contributed by atoms with Gasteiger partial charge < -0.3 is 11.5 Å². The molecule has 0 heterocycles. The third-order valence-corrected chi connectivity index (χ3v) is 4.32. The number of nitrogen functional groups attached to an aromatic ring is 1. The van der Waals surface area contributed by atoms with Crippen LogP contribution in [0.3, 0.4) is 0 Å². The normalized spacial score (nSPS) is 32.1. The van der Waals surface area contributed by atoms with Gasteiger partial charge >= 0.3 is 0 Å². The first-order chi connectivity index (χ1) is 8.54. The maximum atomic E-state index is 6.76. The van der Waals surface area contributed by atoms with Crippen LogP contribution >= 0.6 is 0 Å². The molecule has 4 N–H and O–H groups in total. The minimum Gasteiger partial charge on any atom is -0.399 e. The first-order valence-corrected chi connectivity index (χ1v) is 6.56. The van der Waals surface area contributed by atoms with Crippen LogP contribution in [0, 0.1) is 5.92 Å². The highest BCUT2D eigenvalue weighted by molar-refractivity contribution is 5.55. The second-order valence-corrected chi connectivity index (χ2v) is 5.63. The van der Waals surface area contributed by atoms with Crippen molar-refractivity contribution in [1.29, 1.82) is 0 Å². The number of benzene rings is 1. The van der Waals surface area contributed by atoms with Crippen molar-refractivity contribution in [3.63, 3.8) is 0 Å². The van der Waals surface area contributed by atoms with Crippen molar-refractivity contribution < 1.29 is 0 Å². The molecule has 0 spiro atoms. The van der Waals surface area contributed by atoms with E-state index in [1.165, 1.54) is 22.3 Å². The van der Waals surface area contributed by atoms with E-state index in [0.717, 1.165) is 18.5 Å². The fraction of sp³-hybridized carbons (Fsp3) is 0.375. The number of hydrogen-bond acceptors (Lipinski definition) is 2. The van der Waals surface area contributed by atoms with Gasteiger partial charge in [-0.05, 0) is 55.5 Å². The molecule has 3 rings (SSSR count). The van der Waals surface area contributed by atoms with Gasteiger partial charge in [0, 0.05) is 11.6 Å². The van der Waals surface area contributed by atoms with Crippen molar-refractivity contribution >= 4 is 5.69 Å². The minimum atomic E-state index is -0.320. The number of rotatable bonds is 0. The molecule has 0 aliphatic heterocycles. The van der Waals surface area contributed by atoms with Crippen LogP contribution in [0.5, 0.6) is 0 Å². The lowest BCUT2D eigenvalue weighted by atomic mass is 9.62. The van der Waals surface area contributed by atoms with E-state index in [9.17, 15) is 0 Å². The molecule has 18 heavy (non-hydrogen) atoms. The lowest BCUT2D eigenvalue weighted by molar-refractivity contribution is 0.415. The number of nitrogens with two attached hydrogens (primary N) is 2. The predicted molar refractivity (Wildman–Crippen MR) is 76.0 cm³/mol. The molecule has 0 amide bonds. The first-order valence-electron chi connectivity index (χ1n) is 6.56. The van der Waals surface area contributed by atoms with Gasteiger partial charge in [-0.1, -0.05) is 23.8 Å². The van der Waals surface area contributed by atoms with Crippen LogP contribution in [-0.2, 0) is 12.0 Å². The molecule has 94 valence electrons. The van der Waals surface area contributed by atoms with Gasteiger partial charge in [-0.15, -0.1) is 0 Å². The monoisotopic (exact) mass is 240 g/mol. The van der Waals surface area contributed by atoms with Gasteiger partial charge in [0.05, 0.1) is 5.54 Å². The second-order valence-electron chi connectivity index (χ2n) is 5.63. The van der Waals surface area contributed by atoms with E-state index in [1.807, 2.05) is 6.07 Å². The molecule has 2 nitrogen and oxygen atoms in total. The molecule has 2 aliphatic rings. The summed E-state index contributed by atoms with van der Waals surface area (Å²) in [6, 6.07) is 6.17. The molecule has 2 atom stereocenters. The SMILES string of the molecule is C/C=C1\[C@@H]2C=C(C)C[C@@]1(N)c1ccc(N)cc1C2. The molecule has 0 unspecified atom stereocenters. The Balaban J connectivity index is 2.25. The third kappa shape index (κ3) is 1.45. The van der Waals surface area contributed by atoms with Crippen molar-refractivity contribution in [3.8, 4) is 0 Å². The highest BCUT2D eigenvalue weighted by Crippen LogP contribution is 2.48. The molecule has 1 aromatic carbocycles. The van der Waals surface area contributed by atoms with Crippen molar-refractivity contribution in [2.24, 2.45) is 11.7 Å². The van der Waals surface area contributed by atoms with E-state index < -0.39 is 0 Å². The molecule has 0 fully saturated rings. The van der Waals surface area contributed by atoms with Crippen molar-refractivity contribution in [3.05, 3.63) is 52.6 Å². The van der Waals surface area contributed by atoms with Gasteiger partial charge in [-0.3, -0.25) is 0 Å². The quantitative estimate of drug-likeness (QED) is 0.541. The van der Waals surface area contributed by atoms with Gasteiger partial charge in [0.2, 0.25) is 0 Å². The number of fused-ring (bicyclic) bond motifs is 4. The first kappa shape index (κ1) is 11.5. The number of allylic oxidation sites excluding steroid dienone is 2. The van der Waals surface area contributed by atoms with Crippen molar-refractivity contribution in [2.75, 3.05) is 5.73 Å². The zero-order valence-electron chi connectivity index (χ0n) is 11.0. The number of anilines is 1. The Kier molecular flexibility index (Phi) is 2.39. The lowest BCUT2D eigenvalue weighted by Gasteiger charge is -2.45. The smallest absolute Gasteiger partial charge is 0.0671 e. The standard InChI is InChI=1S/C16H20N2/c1-3-14-11-6-10(2)9-16(14,18)15-5-4-13(17)8-12(15)7-11/h3-6,8,11H,7,9,17-18H2,1-2H3/b14-3+/t11-,16+/m1/s1. The lowest BCUT2D eigenvalue weighted by Crippen LogP contribution is -2.47. The molecule has 0 radical (unpaired) electrons. The summed E-state index contributed by atoms with van der Waals surface area (Å²) in [5.74, 6) is 0.447. The summed E-state index contributed by atoms with van der Waals surface area (Å²) < 4.78 is 0. The van der Waals surface area contributed by atoms with Crippen LogP contribution in [0.1, 0.15) is 31.4 Å². The Hall–Kier alpha value is -1.54. The molecule has 2 bridgehead atoms. The maximum Gasteiger partial charge on any atom is 0.0671 e. The highest BCUT2D eigenvalue weighted by atomic mass is 14.8. The molecule has 2 heteroatoms. The third-order valence-electron chi connectivity index (χ3n) is 4.32. The summed E-state index contributed by atoms with van der Waals surface area (Å²) in [4.78, 5) is 0. The van der Waals surface area contributed by atoms with E-state index in [4.69, 9.17) is 11.5 Å².